The lowest BCUT2D eigenvalue weighted by molar-refractivity contribution is -0.115. The molecule has 198 valence electrons. The molecule has 9 heteroatoms. The summed E-state index contributed by atoms with van der Waals surface area (Å²) in [5.74, 6) is -0.360. The number of aromatic nitrogens is 4. The van der Waals surface area contributed by atoms with E-state index < -0.39 is 5.25 Å². The summed E-state index contributed by atoms with van der Waals surface area (Å²) in [5.41, 5.74) is 3.42. The van der Waals surface area contributed by atoms with E-state index >= 15 is 0 Å². The summed E-state index contributed by atoms with van der Waals surface area (Å²) >= 11 is 1.17. The lowest BCUT2D eigenvalue weighted by Crippen LogP contribution is -2.28. The normalized spacial score (nSPS) is 12.0. The second-order valence-electron chi connectivity index (χ2n) is 9.26. The number of fused-ring (bicyclic) bond motifs is 1. The van der Waals surface area contributed by atoms with Crippen molar-refractivity contribution in [2.75, 3.05) is 5.32 Å². The van der Waals surface area contributed by atoms with Crippen LogP contribution in [0.25, 0.3) is 22.3 Å². The fourth-order valence-corrected chi connectivity index (χ4v) is 5.38. The zero-order valence-electron chi connectivity index (χ0n) is 22.2. The van der Waals surface area contributed by atoms with Gasteiger partial charge < -0.3 is 5.32 Å². The second-order valence-corrected chi connectivity index (χ2v) is 10.6. The van der Waals surface area contributed by atoms with Gasteiger partial charge in [0.05, 0.1) is 33.2 Å². The van der Waals surface area contributed by atoms with Crippen LogP contribution in [0.15, 0.2) is 93.6 Å². The van der Waals surface area contributed by atoms with Gasteiger partial charge in [-0.3, -0.25) is 23.6 Å². The van der Waals surface area contributed by atoms with Gasteiger partial charge >= 0.3 is 0 Å². The van der Waals surface area contributed by atoms with Crippen molar-refractivity contribution in [2.24, 2.45) is 7.05 Å². The highest BCUT2D eigenvalue weighted by molar-refractivity contribution is 8.00. The number of rotatable bonds is 7. The molecule has 1 atom stereocenters. The van der Waals surface area contributed by atoms with Crippen molar-refractivity contribution in [2.45, 2.75) is 37.6 Å². The maximum absolute atomic E-state index is 13.6. The molecule has 39 heavy (non-hydrogen) atoms. The molecule has 1 unspecified atom stereocenters. The van der Waals surface area contributed by atoms with E-state index in [4.69, 9.17) is 4.98 Å². The minimum absolute atomic E-state index is 0.204. The summed E-state index contributed by atoms with van der Waals surface area (Å²) in [5, 5.41) is 3.08. The molecule has 0 aliphatic carbocycles. The zero-order valence-corrected chi connectivity index (χ0v) is 23.0. The van der Waals surface area contributed by atoms with Crippen LogP contribution in [0.3, 0.4) is 0 Å². The molecule has 0 spiro atoms. The molecule has 3 aromatic carbocycles. The average molecular weight is 540 g/mol. The molecule has 2 aromatic heterocycles. The van der Waals surface area contributed by atoms with Gasteiger partial charge in [0.1, 0.15) is 5.69 Å². The highest BCUT2D eigenvalue weighted by Gasteiger charge is 2.24. The number of nitrogens with one attached hydrogen (secondary N) is 1. The van der Waals surface area contributed by atoms with Gasteiger partial charge in [-0.15, -0.1) is 0 Å². The van der Waals surface area contributed by atoms with Crippen LogP contribution in [-0.4, -0.2) is 30.1 Å². The Morgan fingerprint density at radius 2 is 1.59 bits per heavy atom. The summed E-state index contributed by atoms with van der Waals surface area (Å²) in [7, 11) is 1.78. The standard InChI is InChI=1S/C30H29N5O3S/c1-5-21-15-17-22(18-16-21)34-28(37)24-13-9-10-14-25(24)31-30(34)39-20(3)27(36)32-26-19(2)33(4)35(29(26)38)23-11-7-6-8-12-23/h6-18,20H,5H2,1-4H3,(H,32,36). The van der Waals surface area contributed by atoms with E-state index in [0.29, 0.717) is 33.1 Å². The van der Waals surface area contributed by atoms with Crippen molar-refractivity contribution in [3.63, 3.8) is 0 Å². The molecule has 2 heterocycles. The fraction of sp³-hybridized carbons (Fsp3) is 0.200. The number of nitrogens with zero attached hydrogens (tertiary/aromatic N) is 4. The molecule has 1 N–H and O–H groups in total. The molecule has 0 aliphatic rings. The Morgan fingerprint density at radius 1 is 0.923 bits per heavy atom. The Morgan fingerprint density at radius 3 is 2.28 bits per heavy atom. The summed E-state index contributed by atoms with van der Waals surface area (Å²) < 4.78 is 4.78. The minimum atomic E-state index is -0.650. The number of carbonyl (C=O) groups excluding carboxylic acids is 1. The van der Waals surface area contributed by atoms with Crippen LogP contribution in [0.2, 0.25) is 0 Å². The van der Waals surface area contributed by atoms with Crippen molar-refractivity contribution in [1.82, 2.24) is 18.9 Å². The molecule has 5 rings (SSSR count). The van der Waals surface area contributed by atoms with Crippen molar-refractivity contribution < 1.29 is 4.79 Å². The van der Waals surface area contributed by atoms with E-state index in [-0.39, 0.29) is 22.7 Å². The van der Waals surface area contributed by atoms with Gasteiger partial charge in [0.2, 0.25) is 5.91 Å². The van der Waals surface area contributed by atoms with Crippen LogP contribution in [0, 0.1) is 6.92 Å². The molecule has 5 aromatic rings. The third-order valence-electron chi connectivity index (χ3n) is 6.80. The smallest absolute Gasteiger partial charge is 0.295 e. The van der Waals surface area contributed by atoms with Crippen molar-refractivity contribution in [3.05, 3.63) is 111 Å². The summed E-state index contributed by atoms with van der Waals surface area (Å²) in [6.07, 6.45) is 0.884. The van der Waals surface area contributed by atoms with Gasteiger partial charge in [-0.25, -0.2) is 9.67 Å². The van der Waals surface area contributed by atoms with Crippen LogP contribution in [0.1, 0.15) is 25.1 Å². The maximum Gasteiger partial charge on any atom is 0.295 e. The molecule has 0 aliphatic heterocycles. The quantitative estimate of drug-likeness (QED) is 0.236. The number of para-hydroxylation sites is 2. The Balaban J connectivity index is 1.49. The largest absolute Gasteiger partial charge is 0.319 e. The first-order chi connectivity index (χ1) is 18.8. The second kappa shape index (κ2) is 10.8. The number of anilines is 1. The lowest BCUT2D eigenvalue weighted by atomic mass is 10.1. The number of aryl methyl sites for hydroxylation is 1. The Hall–Kier alpha value is -4.37. The molecular formula is C30H29N5O3S. The first-order valence-electron chi connectivity index (χ1n) is 12.7. The monoisotopic (exact) mass is 539 g/mol. The van der Waals surface area contributed by atoms with E-state index in [0.717, 1.165) is 12.0 Å². The SMILES string of the molecule is CCc1ccc(-n2c(SC(C)C(=O)Nc3c(C)n(C)n(-c4ccccc4)c3=O)nc3ccccc3c2=O)cc1. The molecule has 8 nitrogen and oxygen atoms in total. The first-order valence-corrected chi connectivity index (χ1v) is 13.6. The van der Waals surface area contributed by atoms with Gasteiger partial charge in [0.15, 0.2) is 5.16 Å². The Kier molecular flexibility index (Phi) is 7.26. The van der Waals surface area contributed by atoms with Gasteiger partial charge in [-0.05, 0) is 62.2 Å². The van der Waals surface area contributed by atoms with Crippen LogP contribution in [0.4, 0.5) is 5.69 Å². The van der Waals surface area contributed by atoms with Gasteiger partial charge in [-0.1, -0.05) is 61.2 Å². The third kappa shape index (κ3) is 4.93. The minimum Gasteiger partial charge on any atom is -0.319 e. The first kappa shape index (κ1) is 26.2. The highest BCUT2D eigenvalue weighted by atomic mass is 32.2. The van der Waals surface area contributed by atoms with E-state index in [2.05, 4.69) is 12.2 Å². The summed E-state index contributed by atoms with van der Waals surface area (Å²) in [6.45, 7) is 5.60. The molecule has 1 amide bonds. The van der Waals surface area contributed by atoms with Crippen molar-refractivity contribution in [3.8, 4) is 11.4 Å². The van der Waals surface area contributed by atoms with E-state index in [1.807, 2.05) is 66.7 Å². The Bertz CT molecular complexity index is 1790. The average Bonchev–Trinajstić information content (AvgIpc) is 3.16. The molecular weight excluding hydrogens is 510 g/mol. The summed E-state index contributed by atoms with van der Waals surface area (Å²) in [4.78, 5) is 45.0. The van der Waals surface area contributed by atoms with Crippen molar-refractivity contribution >= 4 is 34.3 Å². The maximum atomic E-state index is 13.6. The van der Waals surface area contributed by atoms with E-state index in [1.54, 1.807) is 42.3 Å². The Labute approximate surface area is 229 Å². The predicted octanol–water partition coefficient (Wildman–Crippen LogP) is 4.87. The molecule has 0 saturated carbocycles. The van der Waals surface area contributed by atoms with Crippen LogP contribution in [0.5, 0.6) is 0 Å². The summed E-state index contributed by atoms with van der Waals surface area (Å²) in [6, 6.07) is 24.2. The number of amides is 1. The van der Waals surface area contributed by atoms with Gasteiger partial charge in [0, 0.05) is 7.05 Å². The molecule has 0 saturated heterocycles. The fourth-order valence-electron chi connectivity index (χ4n) is 4.45. The highest BCUT2D eigenvalue weighted by Crippen LogP contribution is 2.26. The van der Waals surface area contributed by atoms with E-state index in [1.165, 1.54) is 16.4 Å². The number of carbonyl (C=O) groups is 1. The van der Waals surface area contributed by atoms with Gasteiger partial charge in [0.25, 0.3) is 11.1 Å². The number of thioether (sulfide) groups is 1. The van der Waals surface area contributed by atoms with Crippen molar-refractivity contribution in [1.29, 1.82) is 0 Å². The number of hydrogen-bond acceptors (Lipinski definition) is 5. The van der Waals surface area contributed by atoms with Crippen LogP contribution >= 0.6 is 11.8 Å². The van der Waals surface area contributed by atoms with Crippen LogP contribution < -0.4 is 16.4 Å². The zero-order chi connectivity index (χ0) is 27.7. The van der Waals surface area contributed by atoms with Crippen LogP contribution in [-0.2, 0) is 18.3 Å². The van der Waals surface area contributed by atoms with E-state index in [9.17, 15) is 14.4 Å². The number of hydrogen-bond donors (Lipinski definition) is 1. The number of benzene rings is 3. The lowest BCUT2D eigenvalue weighted by Gasteiger charge is -2.16. The molecule has 0 fully saturated rings. The van der Waals surface area contributed by atoms with Gasteiger partial charge in [-0.2, -0.15) is 0 Å². The third-order valence-corrected chi connectivity index (χ3v) is 7.85. The topological polar surface area (TPSA) is 90.9 Å². The predicted molar refractivity (Wildman–Crippen MR) is 156 cm³/mol. The molecule has 0 radical (unpaired) electrons. The molecule has 0 bridgehead atoms.